The Labute approximate surface area is 119 Å². The standard InChI is InChI=1S/C13H14N6S/c1-8-4-6-15-10(8)12-18-19-11(16-17-13(19)20-12)9-3-2-5-14-7-9/h2-3,5,7-8,10,15H,4,6H2,1H3. The molecule has 0 spiro atoms. The highest BCUT2D eigenvalue weighted by Gasteiger charge is 2.28. The van der Waals surface area contributed by atoms with E-state index < -0.39 is 0 Å². The van der Waals surface area contributed by atoms with E-state index in [4.69, 9.17) is 5.10 Å². The van der Waals surface area contributed by atoms with Gasteiger partial charge in [0.25, 0.3) is 0 Å². The first-order valence-corrected chi connectivity index (χ1v) is 7.50. The van der Waals surface area contributed by atoms with Crippen molar-refractivity contribution in [3.8, 4) is 11.4 Å². The molecule has 20 heavy (non-hydrogen) atoms. The van der Waals surface area contributed by atoms with Crippen LogP contribution in [0.2, 0.25) is 0 Å². The number of hydrogen-bond acceptors (Lipinski definition) is 6. The van der Waals surface area contributed by atoms with Crippen molar-refractivity contribution < 1.29 is 0 Å². The van der Waals surface area contributed by atoms with E-state index in [0.717, 1.165) is 27.9 Å². The highest BCUT2D eigenvalue weighted by molar-refractivity contribution is 7.16. The van der Waals surface area contributed by atoms with Crippen LogP contribution in [0.15, 0.2) is 24.5 Å². The molecule has 0 saturated carbocycles. The van der Waals surface area contributed by atoms with Gasteiger partial charge in [-0.3, -0.25) is 4.98 Å². The molecule has 3 aromatic heterocycles. The molecule has 4 heterocycles. The molecule has 2 unspecified atom stereocenters. The van der Waals surface area contributed by atoms with Crippen LogP contribution in [0.25, 0.3) is 16.3 Å². The van der Waals surface area contributed by atoms with E-state index in [9.17, 15) is 0 Å². The van der Waals surface area contributed by atoms with Gasteiger partial charge in [-0.25, -0.2) is 0 Å². The maximum absolute atomic E-state index is 4.70. The lowest BCUT2D eigenvalue weighted by Gasteiger charge is -2.10. The fraction of sp³-hybridized carbons (Fsp3) is 0.385. The average molecular weight is 286 g/mol. The Morgan fingerprint density at radius 3 is 3.10 bits per heavy atom. The second-order valence-electron chi connectivity index (χ2n) is 5.10. The van der Waals surface area contributed by atoms with Crippen LogP contribution in [0.3, 0.4) is 0 Å². The minimum absolute atomic E-state index is 0.337. The first kappa shape index (κ1) is 11.9. The van der Waals surface area contributed by atoms with Crippen LogP contribution in [-0.4, -0.2) is 31.3 Å². The predicted octanol–water partition coefficient (Wildman–Crippen LogP) is 1.92. The van der Waals surface area contributed by atoms with Crippen molar-refractivity contribution in [2.75, 3.05) is 6.54 Å². The molecule has 4 rings (SSSR count). The first-order chi connectivity index (χ1) is 9.83. The highest BCUT2D eigenvalue weighted by Crippen LogP contribution is 2.32. The van der Waals surface area contributed by atoms with E-state index in [1.807, 2.05) is 16.6 Å². The monoisotopic (exact) mass is 286 g/mol. The molecule has 0 radical (unpaired) electrons. The van der Waals surface area contributed by atoms with Crippen molar-refractivity contribution >= 4 is 16.3 Å². The largest absolute Gasteiger partial charge is 0.308 e. The van der Waals surface area contributed by atoms with Crippen LogP contribution in [0, 0.1) is 5.92 Å². The molecular formula is C13H14N6S. The minimum Gasteiger partial charge on any atom is -0.308 e. The maximum Gasteiger partial charge on any atom is 0.235 e. The van der Waals surface area contributed by atoms with Gasteiger partial charge < -0.3 is 5.32 Å². The highest BCUT2D eigenvalue weighted by atomic mass is 32.1. The number of rotatable bonds is 2. The van der Waals surface area contributed by atoms with Crippen molar-refractivity contribution in [2.24, 2.45) is 5.92 Å². The summed E-state index contributed by atoms with van der Waals surface area (Å²) in [6.45, 7) is 3.32. The van der Waals surface area contributed by atoms with E-state index in [1.165, 1.54) is 6.42 Å². The zero-order valence-corrected chi connectivity index (χ0v) is 11.8. The molecule has 1 aliphatic rings. The maximum atomic E-state index is 4.70. The third-order valence-corrected chi connectivity index (χ3v) is 4.71. The molecule has 0 bridgehead atoms. The molecule has 7 heteroatoms. The first-order valence-electron chi connectivity index (χ1n) is 6.69. The fourth-order valence-electron chi connectivity index (χ4n) is 2.60. The molecule has 0 aliphatic carbocycles. The number of fused-ring (bicyclic) bond motifs is 1. The summed E-state index contributed by atoms with van der Waals surface area (Å²) in [5.41, 5.74) is 0.935. The lowest BCUT2D eigenvalue weighted by molar-refractivity contribution is 0.496. The number of aromatic nitrogens is 5. The van der Waals surface area contributed by atoms with Gasteiger partial charge >= 0.3 is 0 Å². The van der Waals surface area contributed by atoms with Gasteiger partial charge in [-0.05, 0) is 31.0 Å². The van der Waals surface area contributed by atoms with Gasteiger partial charge in [0.05, 0.1) is 6.04 Å². The van der Waals surface area contributed by atoms with Crippen LogP contribution >= 0.6 is 11.3 Å². The molecule has 3 aromatic rings. The third-order valence-electron chi connectivity index (χ3n) is 3.73. The molecular weight excluding hydrogens is 272 g/mol. The second kappa shape index (κ2) is 4.60. The molecule has 102 valence electrons. The van der Waals surface area contributed by atoms with Crippen molar-refractivity contribution in [2.45, 2.75) is 19.4 Å². The Hall–Kier alpha value is -1.86. The number of nitrogens with one attached hydrogen (secondary N) is 1. The Morgan fingerprint density at radius 2 is 2.35 bits per heavy atom. The topological polar surface area (TPSA) is 68.0 Å². The molecule has 1 fully saturated rings. The number of nitrogens with zero attached hydrogens (tertiary/aromatic N) is 5. The molecule has 2 atom stereocenters. The van der Waals surface area contributed by atoms with Gasteiger partial charge in [0.2, 0.25) is 4.96 Å². The molecule has 0 aromatic carbocycles. The summed E-state index contributed by atoms with van der Waals surface area (Å²) in [5.74, 6) is 1.36. The minimum atomic E-state index is 0.337. The summed E-state index contributed by atoms with van der Waals surface area (Å²) in [6.07, 6.45) is 4.73. The number of pyridine rings is 1. The Morgan fingerprint density at radius 1 is 1.40 bits per heavy atom. The summed E-state index contributed by atoms with van der Waals surface area (Å²) in [5, 5.41) is 17.7. The van der Waals surface area contributed by atoms with Crippen LogP contribution in [0.1, 0.15) is 24.4 Å². The van der Waals surface area contributed by atoms with E-state index in [2.05, 4.69) is 27.4 Å². The van der Waals surface area contributed by atoms with Gasteiger partial charge in [0.15, 0.2) is 5.82 Å². The Kier molecular flexibility index (Phi) is 2.75. The van der Waals surface area contributed by atoms with Gasteiger partial charge in [-0.15, -0.1) is 10.2 Å². The number of hydrogen-bond donors (Lipinski definition) is 1. The zero-order valence-electron chi connectivity index (χ0n) is 11.0. The van der Waals surface area contributed by atoms with Crippen molar-refractivity contribution in [1.29, 1.82) is 0 Å². The van der Waals surface area contributed by atoms with E-state index in [1.54, 1.807) is 23.7 Å². The van der Waals surface area contributed by atoms with Gasteiger partial charge in [0, 0.05) is 18.0 Å². The molecule has 1 aliphatic heterocycles. The summed E-state index contributed by atoms with van der Waals surface area (Å²) in [4.78, 5) is 4.96. The van der Waals surface area contributed by atoms with Crippen LogP contribution in [0.5, 0.6) is 0 Å². The van der Waals surface area contributed by atoms with Crippen molar-refractivity contribution in [3.05, 3.63) is 29.5 Å². The quantitative estimate of drug-likeness (QED) is 0.779. The van der Waals surface area contributed by atoms with Crippen LogP contribution in [0.4, 0.5) is 0 Å². The molecule has 6 nitrogen and oxygen atoms in total. The van der Waals surface area contributed by atoms with Crippen LogP contribution in [-0.2, 0) is 0 Å². The zero-order chi connectivity index (χ0) is 13.5. The van der Waals surface area contributed by atoms with Crippen LogP contribution < -0.4 is 5.32 Å². The lowest BCUT2D eigenvalue weighted by atomic mass is 10.0. The fourth-order valence-corrected chi connectivity index (χ4v) is 3.65. The summed E-state index contributed by atoms with van der Waals surface area (Å²) in [7, 11) is 0. The normalized spacial score (nSPS) is 22.6. The molecule has 1 N–H and O–H groups in total. The van der Waals surface area contributed by atoms with Crippen molar-refractivity contribution in [3.63, 3.8) is 0 Å². The lowest BCUT2D eigenvalue weighted by Crippen LogP contribution is -2.16. The third kappa shape index (κ3) is 1.82. The Bertz CT molecular complexity index is 734. The summed E-state index contributed by atoms with van der Waals surface area (Å²) < 4.78 is 1.82. The van der Waals surface area contributed by atoms with Crippen molar-refractivity contribution in [1.82, 2.24) is 30.1 Å². The van der Waals surface area contributed by atoms with E-state index >= 15 is 0 Å². The smallest absolute Gasteiger partial charge is 0.235 e. The average Bonchev–Trinajstić information content (AvgIpc) is 3.13. The van der Waals surface area contributed by atoms with E-state index in [-0.39, 0.29) is 0 Å². The SMILES string of the molecule is CC1CCNC1c1nn2c(-c3cccnc3)nnc2s1. The van der Waals surface area contributed by atoms with Gasteiger partial charge in [-0.2, -0.15) is 9.61 Å². The summed E-state index contributed by atoms with van der Waals surface area (Å²) >= 11 is 1.61. The van der Waals surface area contributed by atoms with E-state index in [0.29, 0.717) is 12.0 Å². The Balaban J connectivity index is 1.79. The molecule has 0 amide bonds. The predicted molar refractivity (Wildman–Crippen MR) is 76.4 cm³/mol. The second-order valence-corrected chi connectivity index (χ2v) is 6.09. The van der Waals surface area contributed by atoms with Gasteiger partial charge in [-0.1, -0.05) is 18.3 Å². The summed E-state index contributed by atoms with van der Waals surface area (Å²) in [6, 6.07) is 4.20. The molecule has 1 saturated heterocycles. The van der Waals surface area contributed by atoms with Gasteiger partial charge in [0.1, 0.15) is 5.01 Å².